The van der Waals surface area contributed by atoms with Gasteiger partial charge in [0.05, 0.1) is 46.7 Å². The minimum atomic E-state index is -1.62. The van der Waals surface area contributed by atoms with Crippen molar-refractivity contribution in [2.75, 3.05) is 19.9 Å². The number of nitriles is 1. The van der Waals surface area contributed by atoms with E-state index in [1.54, 1.807) is 69.3 Å². The van der Waals surface area contributed by atoms with E-state index in [4.69, 9.17) is 14.5 Å². The minimum absolute atomic E-state index is 0.00127. The van der Waals surface area contributed by atoms with E-state index in [1.165, 1.54) is 34.7 Å². The number of halogens is 2. The Kier molecular flexibility index (Phi) is 12.4. The molecule has 4 atom stereocenters. The summed E-state index contributed by atoms with van der Waals surface area (Å²) in [5.74, 6) is -3.02. The first kappa shape index (κ1) is 37.3. The van der Waals surface area contributed by atoms with Crippen LogP contribution in [0.4, 0.5) is 8.78 Å². The zero-order chi connectivity index (χ0) is 36.5. The van der Waals surface area contributed by atoms with Crippen LogP contribution in [0.1, 0.15) is 58.7 Å². The maximum Gasteiger partial charge on any atom is 0.340 e. The van der Waals surface area contributed by atoms with Gasteiger partial charge in [-0.2, -0.15) is 10.4 Å². The van der Waals surface area contributed by atoms with E-state index < -0.39 is 48.1 Å². The maximum absolute atomic E-state index is 15.8. The second-order valence-electron chi connectivity index (χ2n) is 12.4. The second-order valence-corrected chi connectivity index (χ2v) is 13.3. The lowest BCUT2D eigenvalue weighted by Gasteiger charge is -2.38. The number of benzene rings is 3. The highest BCUT2D eigenvalue weighted by Crippen LogP contribution is 2.44. The zero-order valence-electron chi connectivity index (χ0n) is 28.3. The normalized spacial score (nSPS) is 14.4. The van der Waals surface area contributed by atoms with Gasteiger partial charge >= 0.3 is 5.97 Å². The number of aliphatic hydroxyl groups excluding tert-OH is 2. The number of carbonyl (C=O) groups excluding carboxylic acids is 1. The van der Waals surface area contributed by atoms with Crippen LogP contribution in [-0.4, -0.2) is 72.9 Å². The molecule has 11 nitrogen and oxygen atoms in total. The second kappa shape index (κ2) is 16.9. The molecule has 0 radical (unpaired) electrons. The van der Waals surface area contributed by atoms with Crippen LogP contribution >= 0.6 is 11.3 Å². The topological polar surface area (TPSA) is 147 Å². The van der Waals surface area contributed by atoms with Gasteiger partial charge in [-0.15, -0.1) is 11.3 Å². The molecule has 0 aliphatic heterocycles. The highest BCUT2D eigenvalue weighted by atomic mass is 32.1. The van der Waals surface area contributed by atoms with Gasteiger partial charge in [0.15, 0.2) is 6.79 Å². The van der Waals surface area contributed by atoms with Crippen molar-refractivity contribution in [1.29, 1.82) is 5.26 Å². The molecule has 3 aromatic carbocycles. The number of aromatic nitrogens is 4. The highest BCUT2D eigenvalue weighted by molar-refractivity contribution is 7.10. The standard InChI is InChI=1S/C37H38F2N6O5S/c1-24(46)16-44(17-25(2)47)18-28-6-10-30(11-7-28)36(48)49-23-50-37(20-45-22-41-21-42-45,32-13-12-31(38)14-33(32)39)26(3)35-43-34(19-51-35)29-8-4-27(15-40)5-9-29/h4-14,19,21-22,24-26,46-47H,16-18,20,23H2,1-3H3/t24?,25?,26-,37+/m0/s1. The first-order chi connectivity index (χ1) is 24.5. The fraction of sp³-hybridized carbons (Fsp3) is 0.324. The predicted molar refractivity (Wildman–Crippen MR) is 185 cm³/mol. The molecular weight excluding hydrogens is 679 g/mol. The summed E-state index contributed by atoms with van der Waals surface area (Å²) in [6.07, 6.45) is 1.59. The molecule has 0 saturated heterocycles. The van der Waals surface area contributed by atoms with Gasteiger partial charge in [-0.05, 0) is 49.7 Å². The molecule has 0 bridgehead atoms. The van der Waals surface area contributed by atoms with Crippen molar-refractivity contribution in [3.8, 4) is 17.3 Å². The third-order valence-electron chi connectivity index (χ3n) is 8.30. The Hall–Kier alpha value is -4.91. The fourth-order valence-corrected chi connectivity index (χ4v) is 6.82. The van der Waals surface area contributed by atoms with Gasteiger partial charge in [-0.1, -0.05) is 37.3 Å². The molecule has 5 aromatic rings. The van der Waals surface area contributed by atoms with Gasteiger partial charge in [0.25, 0.3) is 0 Å². The van der Waals surface area contributed by atoms with Crippen LogP contribution in [0.25, 0.3) is 11.3 Å². The highest BCUT2D eigenvalue weighted by Gasteiger charge is 2.45. The molecule has 2 heterocycles. The number of esters is 1. The molecule has 0 aliphatic rings. The summed E-state index contributed by atoms with van der Waals surface area (Å²) in [4.78, 5) is 24.0. The Balaban J connectivity index is 1.41. The molecule has 2 unspecified atom stereocenters. The molecule has 0 fully saturated rings. The zero-order valence-corrected chi connectivity index (χ0v) is 29.1. The van der Waals surface area contributed by atoms with Crippen molar-refractivity contribution >= 4 is 17.3 Å². The summed E-state index contributed by atoms with van der Waals surface area (Å²) in [6.45, 7) is 5.64. The molecule has 5 rings (SSSR count). The maximum atomic E-state index is 15.8. The predicted octanol–water partition coefficient (Wildman–Crippen LogP) is 5.65. The number of ether oxygens (including phenoxy) is 2. The lowest BCUT2D eigenvalue weighted by Crippen LogP contribution is -2.42. The van der Waals surface area contributed by atoms with Gasteiger partial charge in [-0.25, -0.2) is 28.2 Å². The summed E-state index contributed by atoms with van der Waals surface area (Å²) in [5, 5.41) is 35.5. The SMILES string of the molecule is CC(O)CN(Cc1ccc(C(=O)OCO[C@@](Cn2cncn2)(c2ccc(F)cc2F)[C@@H](C)c2nc(-c3ccc(C#N)cc3)cs2)cc1)CC(C)O. The van der Waals surface area contributed by atoms with Crippen LogP contribution in [0.3, 0.4) is 0 Å². The Morgan fingerprint density at radius 3 is 2.35 bits per heavy atom. The van der Waals surface area contributed by atoms with Crippen LogP contribution in [0.5, 0.6) is 0 Å². The number of thiazole rings is 1. The smallest absolute Gasteiger partial charge is 0.340 e. The minimum Gasteiger partial charge on any atom is -0.435 e. The summed E-state index contributed by atoms with van der Waals surface area (Å²) >= 11 is 1.32. The van der Waals surface area contributed by atoms with Crippen molar-refractivity contribution in [3.63, 3.8) is 0 Å². The fourth-order valence-electron chi connectivity index (χ4n) is 5.85. The summed E-state index contributed by atoms with van der Waals surface area (Å²) in [6, 6.07) is 19.0. The van der Waals surface area contributed by atoms with E-state index >= 15 is 4.39 Å². The Bertz CT molecular complexity index is 1920. The number of rotatable bonds is 16. The average Bonchev–Trinajstić information content (AvgIpc) is 3.80. The lowest BCUT2D eigenvalue weighted by atomic mass is 9.81. The quantitative estimate of drug-likeness (QED) is 0.0971. The molecular formula is C37H38F2N6O5S. The number of hydrogen-bond donors (Lipinski definition) is 2. The van der Waals surface area contributed by atoms with Gasteiger partial charge in [-0.3, -0.25) is 4.90 Å². The summed E-state index contributed by atoms with van der Waals surface area (Å²) < 4.78 is 43.4. The van der Waals surface area contributed by atoms with Crippen LogP contribution in [-0.2, 0) is 28.2 Å². The average molecular weight is 717 g/mol. The van der Waals surface area contributed by atoms with Gasteiger partial charge in [0.2, 0.25) is 0 Å². The van der Waals surface area contributed by atoms with Crippen molar-refractivity contribution in [3.05, 3.63) is 124 Å². The van der Waals surface area contributed by atoms with Gasteiger partial charge < -0.3 is 19.7 Å². The molecule has 266 valence electrons. The number of aliphatic hydroxyl groups is 2. The van der Waals surface area contributed by atoms with E-state index in [-0.39, 0.29) is 17.7 Å². The number of carbonyl (C=O) groups is 1. The first-order valence-electron chi connectivity index (χ1n) is 16.2. The van der Waals surface area contributed by atoms with Crippen molar-refractivity contribution in [2.24, 2.45) is 0 Å². The molecule has 0 aliphatic carbocycles. The monoisotopic (exact) mass is 716 g/mol. The molecule has 0 spiro atoms. The van der Waals surface area contributed by atoms with E-state index in [2.05, 4.69) is 16.2 Å². The molecule has 51 heavy (non-hydrogen) atoms. The Morgan fingerprint density at radius 2 is 1.75 bits per heavy atom. The van der Waals surface area contributed by atoms with Crippen LogP contribution in [0.15, 0.2) is 84.8 Å². The molecule has 0 saturated carbocycles. The van der Waals surface area contributed by atoms with Crippen LogP contribution < -0.4 is 0 Å². The van der Waals surface area contributed by atoms with E-state index in [0.29, 0.717) is 35.9 Å². The molecule has 2 N–H and O–H groups in total. The van der Waals surface area contributed by atoms with E-state index in [1.807, 2.05) is 10.3 Å². The largest absolute Gasteiger partial charge is 0.435 e. The van der Waals surface area contributed by atoms with Crippen molar-refractivity contribution in [2.45, 2.75) is 57.6 Å². The number of nitrogens with zero attached hydrogens (tertiary/aromatic N) is 6. The number of hydrogen-bond acceptors (Lipinski definition) is 11. The van der Waals surface area contributed by atoms with E-state index in [0.717, 1.165) is 23.3 Å². The lowest BCUT2D eigenvalue weighted by molar-refractivity contribution is -0.148. The summed E-state index contributed by atoms with van der Waals surface area (Å²) in [7, 11) is 0. The van der Waals surface area contributed by atoms with Gasteiger partial charge in [0, 0.05) is 48.1 Å². The van der Waals surface area contributed by atoms with E-state index in [9.17, 15) is 24.7 Å². The third-order valence-corrected chi connectivity index (χ3v) is 9.33. The van der Waals surface area contributed by atoms with Crippen LogP contribution in [0, 0.1) is 23.0 Å². The molecule has 0 amide bonds. The first-order valence-corrected chi connectivity index (χ1v) is 17.1. The van der Waals surface area contributed by atoms with Crippen molar-refractivity contribution in [1.82, 2.24) is 24.6 Å². The Morgan fingerprint density at radius 1 is 1.04 bits per heavy atom. The summed E-state index contributed by atoms with van der Waals surface area (Å²) in [5.41, 5.74) is 1.41. The van der Waals surface area contributed by atoms with Crippen molar-refractivity contribution < 1.29 is 33.3 Å². The molecule has 2 aromatic heterocycles. The van der Waals surface area contributed by atoms with Crippen LogP contribution in [0.2, 0.25) is 0 Å². The third kappa shape index (κ3) is 9.46. The van der Waals surface area contributed by atoms with Gasteiger partial charge in [0.1, 0.15) is 29.9 Å². The molecule has 14 heteroatoms. The Labute approximate surface area is 298 Å².